The van der Waals surface area contributed by atoms with Gasteiger partial charge in [0, 0.05) is 0 Å². The molecule has 4 N–H and O–H groups in total. The summed E-state index contributed by atoms with van der Waals surface area (Å²) in [4.78, 5) is 48.0. The molecule has 0 aliphatic carbocycles. The number of aromatic nitrogens is 4. The first-order valence-corrected chi connectivity index (χ1v) is 8.61. The van der Waals surface area contributed by atoms with E-state index in [1.165, 1.54) is 0 Å². The Bertz CT molecular complexity index is 1040. The number of ether oxygens (including phenoxy) is 1. The molecule has 2 aromatic heterocycles. The highest BCUT2D eigenvalue weighted by Gasteiger charge is 2.80. The van der Waals surface area contributed by atoms with Gasteiger partial charge in [-0.1, -0.05) is 11.6 Å². The number of hydrogen-bond acceptors (Lipinski definition) is 11. The van der Waals surface area contributed by atoms with Crippen LogP contribution < -0.4 is 0 Å². The van der Waals surface area contributed by atoms with E-state index in [0.717, 1.165) is 33.4 Å². The van der Waals surface area contributed by atoms with Gasteiger partial charge in [0.05, 0.1) is 0 Å². The molecule has 3 heterocycles. The highest BCUT2D eigenvalue weighted by molar-refractivity contribution is 6.33. The summed E-state index contributed by atoms with van der Waals surface area (Å²) in [5, 5.41) is 43.7. The van der Waals surface area contributed by atoms with Crippen molar-refractivity contribution < 1.29 is 39.5 Å². The molecule has 13 heteroatoms. The largest absolute Gasteiger partial charge is 0.382 e. The van der Waals surface area contributed by atoms with Crippen LogP contribution >= 0.6 is 11.6 Å². The van der Waals surface area contributed by atoms with Gasteiger partial charge in [-0.2, -0.15) is 0 Å². The molecular formula is C16H17ClN4O8. The number of hydrogen-bond donors (Lipinski definition) is 4. The third kappa shape index (κ3) is 2.51. The van der Waals surface area contributed by atoms with Crippen LogP contribution in [0, 0.1) is 0 Å². The van der Waals surface area contributed by atoms with Crippen molar-refractivity contribution in [3.8, 4) is 0 Å². The maximum Gasteiger partial charge on any atom is 0.297 e. The number of nitrogens with zero attached hydrogens (tertiary/aromatic N) is 4. The number of carbonyl (C=O) groups excluding carboxylic acids is 3. The van der Waals surface area contributed by atoms with Crippen LogP contribution in [0.3, 0.4) is 0 Å². The monoisotopic (exact) mass is 428 g/mol. The first kappa shape index (κ1) is 21.4. The molecule has 3 rings (SSSR count). The van der Waals surface area contributed by atoms with E-state index in [2.05, 4.69) is 15.0 Å². The molecule has 1 aliphatic heterocycles. The maximum atomic E-state index is 12.5. The van der Waals surface area contributed by atoms with Crippen LogP contribution in [0.25, 0.3) is 11.2 Å². The van der Waals surface area contributed by atoms with Crippen LogP contribution in [0.4, 0.5) is 0 Å². The summed E-state index contributed by atoms with van der Waals surface area (Å²) < 4.78 is 5.93. The van der Waals surface area contributed by atoms with E-state index in [4.69, 9.17) is 16.3 Å². The Kier molecular flexibility index (Phi) is 4.85. The number of rotatable bonds is 5. The number of Topliss-reactive ketones (excluding diaryl/α,β-unsaturated/α-hetero) is 3. The van der Waals surface area contributed by atoms with Crippen LogP contribution in [0.15, 0.2) is 12.7 Å². The van der Waals surface area contributed by atoms with Gasteiger partial charge in [0.2, 0.25) is 5.60 Å². The first-order valence-electron chi connectivity index (χ1n) is 8.23. The minimum Gasteiger partial charge on any atom is -0.382 e. The van der Waals surface area contributed by atoms with E-state index < -0.39 is 46.7 Å². The summed E-state index contributed by atoms with van der Waals surface area (Å²) in [5.41, 5.74) is -6.85. The summed E-state index contributed by atoms with van der Waals surface area (Å²) in [6.07, 6.45) is -2.50. The van der Waals surface area contributed by atoms with Crippen molar-refractivity contribution in [3.63, 3.8) is 0 Å². The van der Waals surface area contributed by atoms with Crippen LogP contribution in [-0.2, 0) is 25.0 Å². The fourth-order valence-electron chi connectivity index (χ4n) is 3.52. The lowest BCUT2D eigenvalue weighted by molar-refractivity contribution is -0.315. The normalized spacial score (nSPS) is 33.0. The van der Waals surface area contributed by atoms with E-state index in [1.54, 1.807) is 0 Å². The molecule has 1 fully saturated rings. The Hall–Kier alpha value is -2.35. The van der Waals surface area contributed by atoms with Crippen molar-refractivity contribution in [1.82, 2.24) is 19.5 Å². The van der Waals surface area contributed by atoms with Crippen molar-refractivity contribution in [2.45, 2.75) is 50.1 Å². The summed E-state index contributed by atoms with van der Waals surface area (Å²) in [5.74, 6) is -6.69. The highest BCUT2D eigenvalue weighted by atomic mass is 35.5. The van der Waals surface area contributed by atoms with Crippen molar-refractivity contribution in [1.29, 1.82) is 0 Å². The third-order valence-corrected chi connectivity index (χ3v) is 5.37. The summed E-state index contributed by atoms with van der Waals surface area (Å²) in [6, 6.07) is 0. The predicted molar refractivity (Wildman–Crippen MR) is 93.3 cm³/mol. The van der Waals surface area contributed by atoms with Crippen LogP contribution in [-0.4, -0.2) is 80.7 Å². The second-order valence-corrected chi connectivity index (χ2v) is 7.10. The smallest absolute Gasteiger partial charge is 0.297 e. The molecule has 0 bridgehead atoms. The average Bonchev–Trinajstić information content (AvgIpc) is 3.16. The Labute approximate surface area is 167 Å². The summed E-state index contributed by atoms with van der Waals surface area (Å²) in [7, 11) is 0. The van der Waals surface area contributed by atoms with Gasteiger partial charge in [0.25, 0.3) is 5.91 Å². The topological polar surface area (TPSA) is 185 Å². The third-order valence-electron chi connectivity index (χ3n) is 5.09. The van der Waals surface area contributed by atoms with Gasteiger partial charge in [-0.05, 0) is 20.8 Å². The van der Waals surface area contributed by atoms with Crippen LogP contribution in [0.1, 0.15) is 20.8 Å². The highest BCUT2D eigenvalue weighted by Crippen LogP contribution is 2.51. The Morgan fingerprint density at radius 3 is 2.28 bits per heavy atom. The van der Waals surface area contributed by atoms with Gasteiger partial charge in [-0.3, -0.25) is 19.0 Å². The molecule has 29 heavy (non-hydrogen) atoms. The minimum absolute atomic E-state index is 0.0565. The van der Waals surface area contributed by atoms with Crippen molar-refractivity contribution in [2.75, 3.05) is 0 Å². The molecule has 1 saturated heterocycles. The van der Waals surface area contributed by atoms with E-state index in [1.807, 2.05) is 0 Å². The molecule has 156 valence electrons. The van der Waals surface area contributed by atoms with Crippen molar-refractivity contribution >= 4 is 40.1 Å². The number of aliphatic hydroxyl groups excluding tert-OH is 1. The standard InChI is InChI=1S/C16H17ClN4O8/c1-6(22)10(25)11-14(26,7(2)23)15(27,8(3)24)16(28,29-11)21-5-20-9-12(17)18-4-19-13(9)21/h4-5,10-11,25-28H,1-3H3/t10?,11-,14-,15-,16+/m0/s1. The molecular weight excluding hydrogens is 412 g/mol. The number of aliphatic hydroxyl groups is 4. The molecule has 5 atom stereocenters. The fourth-order valence-corrected chi connectivity index (χ4v) is 3.70. The summed E-state index contributed by atoms with van der Waals surface area (Å²) >= 11 is 5.92. The van der Waals surface area contributed by atoms with Gasteiger partial charge in [-0.25, -0.2) is 15.0 Å². The Morgan fingerprint density at radius 2 is 1.76 bits per heavy atom. The SMILES string of the molecule is CC(=O)C(O)[C@@H]1O[C@@](O)(n2cnc3c(Cl)ncnc32)[C@](O)(C(C)=O)[C@]1(O)C(C)=O. The van der Waals surface area contributed by atoms with Gasteiger partial charge < -0.3 is 25.2 Å². The van der Waals surface area contributed by atoms with Gasteiger partial charge in [0.1, 0.15) is 30.4 Å². The zero-order valence-corrected chi connectivity index (χ0v) is 16.2. The van der Waals surface area contributed by atoms with E-state index in [0.29, 0.717) is 4.57 Å². The zero-order valence-electron chi connectivity index (χ0n) is 15.4. The van der Waals surface area contributed by atoms with Crippen LogP contribution in [0.2, 0.25) is 5.15 Å². The van der Waals surface area contributed by atoms with Gasteiger partial charge >= 0.3 is 0 Å². The number of fused-ring (bicyclic) bond motifs is 1. The Balaban J connectivity index is 2.37. The lowest BCUT2D eigenvalue weighted by atomic mass is 9.72. The predicted octanol–water partition coefficient (Wildman–Crippen LogP) is -1.93. The molecule has 12 nitrogen and oxygen atoms in total. The lowest BCUT2D eigenvalue weighted by Gasteiger charge is -2.40. The molecule has 1 unspecified atom stereocenters. The quantitative estimate of drug-likeness (QED) is 0.388. The minimum atomic E-state index is -3.36. The number of halogens is 1. The fraction of sp³-hybridized carbons (Fsp3) is 0.500. The summed E-state index contributed by atoms with van der Waals surface area (Å²) in [6.45, 7) is 2.51. The van der Waals surface area contributed by atoms with Gasteiger partial charge in [-0.15, -0.1) is 0 Å². The molecule has 0 amide bonds. The molecule has 1 aliphatic rings. The number of ketones is 3. The second kappa shape index (κ2) is 6.58. The first-order chi connectivity index (χ1) is 13.3. The van der Waals surface area contributed by atoms with E-state index in [9.17, 15) is 34.8 Å². The molecule has 2 aromatic rings. The van der Waals surface area contributed by atoms with Crippen molar-refractivity contribution in [3.05, 3.63) is 17.8 Å². The molecule has 0 saturated carbocycles. The average molecular weight is 429 g/mol. The lowest BCUT2D eigenvalue weighted by Crippen LogP contribution is -2.71. The van der Waals surface area contributed by atoms with Crippen molar-refractivity contribution in [2.24, 2.45) is 0 Å². The number of carbonyl (C=O) groups is 3. The Morgan fingerprint density at radius 1 is 1.14 bits per heavy atom. The molecule has 0 spiro atoms. The number of imidazole rings is 1. The second-order valence-electron chi connectivity index (χ2n) is 6.74. The molecule has 0 aromatic carbocycles. The van der Waals surface area contributed by atoms with Gasteiger partial charge in [0.15, 0.2) is 33.8 Å². The van der Waals surface area contributed by atoms with E-state index >= 15 is 0 Å². The maximum absolute atomic E-state index is 12.5. The molecule has 0 radical (unpaired) electrons. The zero-order chi connectivity index (χ0) is 21.9. The van der Waals surface area contributed by atoms with E-state index in [-0.39, 0.29) is 16.3 Å². The van der Waals surface area contributed by atoms with Crippen LogP contribution in [0.5, 0.6) is 0 Å².